The van der Waals surface area contributed by atoms with Gasteiger partial charge < -0.3 is 0 Å². The first-order valence-electron chi connectivity index (χ1n) is 7.83. The van der Waals surface area contributed by atoms with Crippen LogP contribution in [0.2, 0.25) is 0 Å². The summed E-state index contributed by atoms with van der Waals surface area (Å²) in [6.07, 6.45) is 2.27. The summed E-state index contributed by atoms with van der Waals surface area (Å²) in [6, 6.07) is 5.82. The fourth-order valence-electron chi connectivity index (χ4n) is 2.96. The average molecular weight is 386 g/mol. The summed E-state index contributed by atoms with van der Waals surface area (Å²) >= 11 is 3.48. The number of hydrogen-bond acceptors (Lipinski definition) is 4. The lowest BCUT2D eigenvalue weighted by atomic mass is 9.99. The Morgan fingerprint density at radius 2 is 2.08 bits per heavy atom. The van der Waals surface area contributed by atoms with E-state index in [2.05, 4.69) is 36.4 Å². The first-order chi connectivity index (χ1) is 11.5. The largest absolute Gasteiger partial charge is 0.289 e. The zero-order valence-corrected chi connectivity index (χ0v) is 14.9. The molecule has 122 valence electrons. The number of nitrogens with one attached hydrogen (secondary N) is 2. The SMILES string of the molecule is Cc1nc(NC(=O)c2c(C)c(C3CC3)nc3ccc(Br)cc23)n[nH]1. The molecule has 6 nitrogen and oxygen atoms in total. The minimum absolute atomic E-state index is 0.209. The number of amides is 1. The van der Waals surface area contributed by atoms with Gasteiger partial charge in [0.25, 0.3) is 5.91 Å². The van der Waals surface area contributed by atoms with E-state index in [1.165, 1.54) is 0 Å². The monoisotopic (exact) mass is 385 g/mol. The van der Waals surface area contributed by atoms with Crippen LogP contribution in [0.4, 0.5) is 5.95 Å². The molecule has 0 radical (unpaired) electrons. The van der Waals surface area contributed by atoms with Crippen LogP contribution >= 0.6 is 15.9 Å². The van der Waals surface area contributed by atoms with E-state index in [4.69, 9.17) is 4.98 Å². The lowest BCUT2D eigenvalue weighted by Crippen LogP contribution is -2.16. The van der Waals surface area contributed by atoms with Crippen molar-refractivity contribution in [2.24, 2.45) is 0 Å². The number of fused-ring (bicyclic) bond motifs is 1. The van der Waals surface area contributed by atoms with Crippen molar-refractivity contribution in [2.75, 3.05) is 5.32 Å². The first kappa shape index (κ1) is 15.3. The molecule has 0 saturated heterocycles. The van der Waals surface area contributed by atoms with Gasteiger partial charge in [0.1, 0.15) is 5.82 Å². The third-order valence-electron chi connectivity index (χ3n) is 4.24. The second-order valence-electron chi connectivity index (χ2n) is 6.13. The molecule has 2 heterocycles. The third kappa shape index (κ3) is 2.69. The van der Waals surface area contributed by atoms with E-state index in [1.54, 1.807) is 6.92 Å². The second kappa shape index (κ2) is 5.66. The number of hydrogen-bond donors (Lipinski definition) is 2. The van der Waals surface area contributed by atoms with E-state index in [0.29, 0.717) is 17.3 Å². The minimum atomic E-state index is -0.209. The van der Waals surface area contributed by atoms with Gasteiger partial charge in [-0.25, -0.2) is 0 Å². The summed E-state index contributed by atoms with van der Waals surface area (Å²) in [5, 5.41) is 10.3. The van der Waals surface area contributed by atoms with Crippen LogP contribution in [0.25, 0.3) is 10.9 Å². The van der Waals surface area contributed by atoms with Crippen LogP contribution in [0.15, 0.2) is 22.7 Å². The van der Waals surface area contributed by atoms with Gasteiger partial charge in [0.05, 0.1) is 11.1 Å². The molecule has 0 atom stereocenters. The minimum Gasteiger partial charge on any atom is -0.289 e. The third-order valence-corrected chi connectivity index (χ3v) is 4.73. The number of halogens is 1. The molecule has 1 saturated carbocycles. The summed E-state index contributed by atoms with van der Waals surface area (Å²) in [6.45, 7) is 3.76. The number of aryl methyl sites for hydroxylation is 1. The number of carbonyl (C=O) groups excluding carboxylic acids is 1. The molecule has 0 bridgehead atoms. The molecule has 0 unspecified atom stereocenters. The Balaban J connectivity index is 1.86. The van der Waals surface area contributed by atoms with Crippen LogP contribution in [0.5, 0.6) is 0 Å². The Hall–Kier alpha value is -2.28. The molecule has 1 aliphatic rings. The summed E-state index contributed by atoms with van der Waals surface area (Å²) < 4.78 is 0.915. The molecule has 1 aliphatic carbocycles. The van der Waals surface area contributed by atoms with Gasteiger partial charge in [-0.3, -0.25) is 20.2 Å². The molecule has 24 heavy (non-hydrogen) atoms. The summed E-state index contributed by atoms with van der Waals surface area (Å²) in [7, 11) is 0. The number of aromatic amines is 1. The Morgan fingerprint density at radius 3 is 2.75 bits per heavy atom. The molecular formula is C17H16BrN5O. The van der Waals surface area contributed by atoms with Gasteiger partial charge in [-0.15, -0.1) is 5.10 Å². The van der Waals surface area contributed by atoms with Crippen LogP contribution in [-0.2, 0) is 0 Å². The Bertz CT molecular complexity index is 961. The average Bonchev–Trinajstić information content (AvgIpc) is 3.29. The van der Waals surface area contributed by atoms with E-state index in [9.17, 15) is 4.79 Å². The van der Waals surface area contributed by atoms with Gasteiger partial charge in [-0.2, -0.15) is 4.98 Å². The molecule has 2 aromatic heterocycles. The number of H-pyrrole nitrogens is 1. The topological polar surface area (TPSA) is 83.6 Å². The maximum atomic E-state index is 12.9. The van der Waals surface area contributed by atoms with Gasteiger partial charge in [0, 0.05) is 21.5 Å². The number of rotatable bonds is 3. The van der Waals surface area contributed by atoms with Crippen molar-refractivity contribution in [1.29, 1.82) is 0 Å². The van der Waals surface area contributed by atoms with E-state index < -0.39 is 0 Å². The van der Waals surface area contributed by atoms with Crippen LogP contribution in [0, 0.1) is 13.8 Å². The van der Waals surface area contributed by atoms with Crippen molar-refractivity contribution in [3.05, 3.63) is 45.3 Å². The maximum Gasteiger partial charge on any atom is 0.259 e. The van der Waals surface area contributed by atoms with E-state index in [1.807, 2.05) is 25.1 Å². The Labute approximate surface area is 147 Å². The number of benzene rings is 1. The highest BCUT2D eigenvalue weighted by atomic mass is 79.9. The van der Waals surface area contributed by atoms with Crippen molar-refractivity contribution < 1.29 is 4.79 Å². The van der Waals surface area contributed by atoms with Crippen LogP contribution in [0.3, 0.4) is 0 Å². The Morgan fingerprint density at radius 1 is 1.29 bits per heavy atom. The van der Waals surface area contributed by atoms with Crippen molar-refractivity contribution in [1.82, 2.24) is 20.2 Å². The van der Waals surface area contributed by atoms with Crippen molar-refractivity contribution in [3.63, 3.8) is 0 Å². The van der Waals surface area contributed by atoms with Crippen molar-refractivity contribution >= 4 is 38.7 Å². The van der Waals surface area contributed by atoms with Crippen molar-refractivity contribution in [3.8, 4) is 0 Å². The highest BCUT2D eigenvalue weighted by Crippen LogP contribution is 2.42. The highest BCUT2D eigenvalue weighted by Gasteiger charge is 2.30. The fourth-order valence-corrected chi connectivity index (χ4v) is 3.32. The Kier molecular flexibility index (Phi) is 3.60. The van der Waals surface area contributed by atoms with E-state index in [0.717, 1.165) is 39.5 Å². The van der Waals surface area contributed by atoms with E-state index >= 15 is 0 Å². The standard InChI is InChI=1S/C17H16BrN5O/c1-8-14(16(24)21-17-19-9(2)22-23-17)12-7-11(18)5-6-13(12)20-15(8)10-3-4-10/h5-7,10H,3-4H2,1-2H3,(H2,19,21,22,23,24). The molecule has 1 aromatic carbocycles. The number of anilines is 1. The van der Waals surface area contributed by atoms with Gasteiger partial charge in [0.2, 0.25) is 5.95 Å². The normalized spacial score (nSPS) is 14.1. The molecule has 4 rings (SSSR count). The maximum absolute atomic E-state index is 12.9. The van der Waals surface area contributed by atoms with Crippen LogP contribution in [-0.4, -0.2) is 26.1 Å². The van der Waals surface area contributed by atoms with Gasteiger partial charge in [-0.05, 0) is 50.5 Å². The molecule has 2 N–H and O–H groups in total. The fraction of sp³-hybridized carbons (Fsp3) is 0.294. The van der Waals surface area contributed by atoms with Crippen LogP contribution in [0.1, 0.15) is 46.2 Å². The molecule has 0 spiro atoms. The highest BCUT2D eigenvalue weighted by molar-refractivity contribution is 9.10. The van der Waals surface area contributed by atoms with Gasteiger partial charge in [-0.1, -0.05) is 15.9 Å². The molecule has 0 aliphatic heterocycles. The summed E-state index contributed by atoms with van der Waals surface area (Å²) in [5.41, 5.74) is 3.45. The predicted octanol–water partition coefficient (Wildman–Crippen LogP) is 3.86. The second-order valence-corrected chi connectivity index (χ2v) is 7.05. The van der Waals surface area contributed by atoms with Gasteiger partial charge in [0.15, 0.2) is 0 Å². The van der Waals surface area contributed by atoms with Gasteiger partial charge >= 0.3 is 0 Å². The molecule has 3 aromatic rings. The zero-order chi connectivity index (χ0) is 16.8. The lowest BCUT2D eigenvalue weighted by Gasteiger charge is -2.13. The number of aromatic nitrogens is 4. The summed E-state index contributed by atoms with van der Waals surface area (Å²) in [5.74, 6) is 1.20. The molecular weight excluding hydrogens is 370 g/mol. The number of nitrogens with zero attached hydrogens (tertiary/aromatic N) is 3. The summed E-state index contributed by atoms with van der Waals surface area (Å²) in [4.78, 5) is 21.9. The quantitative estimate of drug-likeness (QED) is 0.716. The number of carbonyl (C=O) groups is 1. The lowest BCUT2D eigenvalue weighted by molar-refractivity contribution is 0.102. The number of pyridine rings is 1. The first-order valence-corrected chi connectivity index (χ1v) is 8.62. The van der Waals surface area contributed by atoms with Crippen LogP contribution < -0.4 is 5.32 Å². The predicted molar refractivity (Wildman–Crippen MR) is 95.2 cm³/mol. The molecule has 1 fully saturated rings. The van der Waals surface area contributed by atoms with Crippen molar-refractivity contribution in [2.45, 2.75) is 32.6 Å². The van der Waals surface area contributed by atoms with E-state index in [-0.39, 0.29) is 11.9 Å². The smallest absolute Gasteiger partial charge is 0.259 e. The molecule has 7 heteroatoms. The zero-order valence-electron chi connectivity index (χ0n) is 13.4. The molecule has 1 amide bonds.